The van der Waals surface area contributed by atoms with Crippen molar-refractivity contribution in [2.45, 2.75) is 19.6 Å². The molecule has 0 N–H and O–H groups in total. The Balaban J connectivity index is 2.48. The zero-order chi connectivity index (χ0) is 18.0. The van der Waals surface area contributed by atoms with Crippen LogP contribution in [0.15, 0.2) is 35.5 Å². The molecule has 0 aromatic heterocycles. The lowest BCUT2D eigenvalue weighted by atomic mass is 9.93. The number of carbonyl (C=O) groups excluding carboxylic acids is 2. The second-order valence-corrected chi connectivity index (χ2v) is 5.29. The molecule has 1 aromatic rings. The number of carbonyl (C=O) groups is 2. The molecule has 8 heteroatoms. The van der Waals surface area contributed by atoms with Gasteiger partial charge in [-0.1, -0.05) is 12.1 Å². The number of benzene rings is 1. The van der Waals surface area contributed by atoms with Crippen molar-refractivity contribution >= 4 is 12.0 Å². The van der Waals surface area contributed by atoms with Crippen LogP contribution in [0.1, 0.15) is 18.5 Å². The van der Waals surface area contributed by atoms with E-state index in [0.29, 0.717) is 16.8 Å². The van der Waals surface area contributed by atoms with E-state index in [4.69, 9.17) is 4.74 Å². The second kappa shape index (κ2) is 6.86. The Morgan fingerprint density at radius 3 is 2.29 bits per heavy atom. The lowest BCUT2D eigenvalue weighted by molar-refractivity contribution is -0.137. The van der Waals surface area contributed by atoms with Crippen molar-refractivity contribution < 1.29 is 27.8 Å². The van der Waals surface area contributed by atoms with Crippen molar-refractivity contribution in [1.29, 1.82) is 0 Å². The Morgan fingerprint density at radius 1 is 1.21 bits per heavy atom. The summed E-state index contributed by atoms with van der Waals surface area (Å²) in [6.07, 6.45) is 0. The fourth-order valence-corrected chi connectivity index (χ4v) is 2.65. The first-order valence-electron chi connectivity index (χ1n) is 7.12. The maximum atomic E-state index is 12.3. The largest absolute Gasteiger partial charge is 0.466 e. The van der Waals surface area contributed by atoms with Gasteiger partial charge in [0.05, 0.1) is 18.7 Å². The van der Waals surface area contributed by atoms with E-state index in [2.05, 4.69) is 4.74 Å². The van der Waals surface area contributed by atoms with Crippen LogP contribution in [-0.4, -0.2) is 49.6 Å². The van der Waals surface area contributed by atoms with E-state index in [1.165, 1.54) is 41.2 Å². The van der Waals surface area contributed by atoms with Crippen LogP contribution in [0.2, 0.25) is 0 Å². The summed E-state index contributed by atoms with van der Waals surface area (Å²) in [4.78, 5) is 27.3. The van der Waals surface area contributed by atoms with Crippen molar-refractivity contribution in [2.75, 3.05) is 21.2 Å². The molecule has 0 aliphatic carbocycles. The third-order valence-electron chi connectivity index (χ3n) is 3.97. The summed E-state index contributed by atoms with van der Waals surface area (Å²) in [6.45, 7) is -1.27. The number of allylic oxidation sites excluding steroid dienone is 1. The summed E-state index contributed by atoms with van der Waals surface area (Å²) in [5.74, 6) is -0.562. The number of nitrogens with zero attached hydrogens (tertiary/aromatic N) is 2. The molecule has 0 bridgehead atoms. The zero-order valence-electron chi connectivity index (χ0n) is 13.7. The maximum absolute atomic E-state index is 12.3. The van der Waals surface area contributed by atoms with Gasteiger partial charge in [-0.25, -0.2) is 9.59 Å². The summed E-state index contributed by atoms with van der Waals surface area (Å²) in [6, 6.07) is 4.83. The average Bonchev–Trinajstić information content (AvgIpc) is 2.55. The van der Waals surface area contributed by atoms with Gasteiger partial charge in [0.1, 0.15) is 5.75 Å². The Hall–Kier alpha value is -2.64. The van der Waals surface area contributed by atoms with Crippen molar-refractivity contribution in [3.05, 3.63) is 41.1 Å². The SMILES string of the molecule is COC(=O)C1=C(C)N(C)C(=O)N(C)[C@@H]1c1ccc(OC(F)F)cc1. The molecule has 0 fully saturated rings. The Labute approximate surface area is 138 Å². The Bertz CT molecular complexity index is 673. The van der Waals surface area contributed by atoms with Gasteiger partial charge in [0.25, 0.3) is 0 Å². The van der Waals surface area contributed by atoms with E-state index < -0.39 is 18.6 Å². The molecular formula is C16H18F2N2O4. The van der Waals surface area contributed by atoms with Crippen LogP contribution < -0.4 is 4.74 Å². The molecule has 0 unspecified atom stereocenters. The summed E-state index contributed by atoms with van der Waals surface area (Å²) in [5.41, 5.74) is 1.37. The monoisotopic (exact) mass is 340 g/mol. The van der Waals surface area contributed by atoms with Crippen molar-refractivity contribution in [1.82, 2.24) is 9.80 Å². The lowest BCUT2D eigenvalue weighted by Crippen LogP contribution is -2.47. The van der Waals surface area contributed by atoms with E-state index in [-0.39, 0.29) is 11.8 Å². The predicted octanol–water partition coefficient (Wildman–Crippen LogP) is 2.77. The van der Waals surface area contributed by atoms with Gasteiger partial charge in [-0.15, -0.1) is 0 Å². The quantitative estimate of drug-likeness (QED) is 0.791. The van der Waals surface area contributed by atoms with Crippen LogP contribution in [0.3, 0.4) is 0 Å². The molecule has 0 saturated heterocycles. The standard InChI is InChI=1S/C16H18F2N2O4/c1-9-12(14(21)23-4)13(20(3)16(22)19(9)2)10-5-7-11(8-6-10)24-15(17)18/h5-8,13,15H,1-4H3/t13-/m1/s1. The van der Waals surface area contributed by atoms with Gasteiger partial charge < -0.3 is 19.3 Å². The van der Waals surface area contributed by atoms with Crippen LogP contribution in [0.4, 0.5) is 13.6 Å². The van der Waals surface area contributed by atoms with E-state index in [9.17, 15) is 18.4 Å². The van der Waals surface area contributed by atoms with Crippen molar-refractivity contribution in [3.63, 3.8) is 0 Å². The number of halogens is 2. The molecule has 1 aliphatic rings. The van der Waals surface area contributed by atoms with Gasteiger partial charge in [-0.05, 0) is 24.6 Å². The van der Waals surface area contributed by atoms with E-state index in [0.717, 1.165) is 0 Å². The number of amides is 2. The van der Waals surface area contributed by atoms with Crippen molar-refractivity contribution in [2.24, 2.45) is 0 Å². The number of methoxy groups -OCH3 is 1. The third kappa shape index (κ3) is 3.17. The molecule has 1 atom stereocenters. The summed E-state index contributed by atoms with van der Waals surface area (Å²) < 4.78 is 33.6. The topological polar surface area (TPSA) is 59.1 Å². The van der Waals surface area contributed by atoms with Gasteiger partial charge in [-0.2, -0.15) is 8.78 Å². The molecule has 6 nitrogen and oxygen atoms in total. The summed E-state index contributed by atoms with van der Waals surface area (Å²) in [7, 11) is 4.38. The minimum atomic E-state index is -2.92. The number of urea groups is 1. The molecule has 2 amide bonds. The number of rotatable bonds is 4. The number of hydrogen-bond donors (Lipinski definition) is 0. The third-order valence-corrected chi connectivity index (χ3v) is 3.97. The normalized spacial score (nSPS) is 18.3. The molecule has 1 aromatic carbocycles. The van der Waals surface area contributed by atoms with Crippen LogP contribution in [0, 0.1) is 0 Å². The Kier molecular flexibility index (Phi) is 5.06. The van der Waals surface area contributed by atoms with E-state index in [1.54, 1.807) is 21.0 Å². The molecule has 1 aliphatic heterocycles. The van der Waals surface area contributed by atoms with Crippen LogP contribution in [0.5, 0.6) is 5.75 Å². The van der Waals surface area contributed by atoms with Gasteiger partial charge in [0.2, 0.25) is 0 Å². The minimum absolute atomic E-state index is 0.00373. The highest BCUT2D eigenvalue weighted by atomic mass is 19.3. The molecular weight excluding hydrogens is 322 g/mol. The molecule has 0 spiro atoms. The number of esters is 1. The van der Waals surface area contributed by atoms with Crippen molar-refractivity contribution in [3.8, 4) is 5.75 Å². The van der Waals surface area contributed by atoms with Crippen LogP contribution >= 0.6 is 0 Å². The molecule has 24 heavy (non-hydrogen) atoms. The summed E-state index contributed by atoms with van der Waals surface area (Å²) >= 11 is 0. The highest BCUT2D eigenvalue weighted by Crippen LogP contribution is 2.36. The maximum Gasteiger partial charge on any atom is 0.387 e. The molecule has 130 valence electrons. The van der Waals surface area contributed by atoms with E-state index in [1.807, 2.05) is 0 Å². The Morgan fingerprint density at radius 2 is 1.79 bits per heavy atom. The van der Waals surface area contributed by atoms with Gasteiger partial charge >= 0.3 is 18.6 Å². The van der Waals surface area contributed by atoms with Gasteiger partial charge in [-0.3, -0.25) is 0 Å². The fourth-order valence-electron chi connectivity index (χ4n) is 2.65. The fraction of sp³-hybridized carbons (Fsp3) is 0.375. The second-order valence-electron chi connectivity index (χ2n) is 5.29. The minimum Gasteiger partial charge on any atom is -0.466 e. The van der Waals surface area contributed by atoms with Gasteiger partial charge in [0, 0.05) is 19.8 Å². The van der Waals surface area contributed by atoms with E-state index >= 15 is 0 Å². The zero-order valence-corrected chi connectivity index (χ0v) is 13.7. The molecule has 0 saturated carbocycles. The van der Waals surface area contributed by atoms with Gasteiger partial charge in [0.15, 0.2) is 0 Å². The summed E-state index contributed by atoms with van der Waals surface area (Å²) in [5, 5.41) is 0. The number of hydrogen-bond acceptors (Lipinski definition) is 4. The number of likely N-dealkylation sites (N-methyl/N-ethyl adjacent to an activating group) is 1. The first-order valence-corrected chi connectivity index (χ1v) is 7.12. The number of alkyl halides is 2. The lowest BCUT2D eigenvalue weighted by Gasteiger charge is -2.39. The smallest absolute Gasteiger partial charge is 0.387 e. The van der Waals surface area contributed by atoms with Crippen LogP contribution in [-0.2, 0) is 9.53 Å². The first kappa shape index (κ1) is 17.7. The highest BCUT2D eigenvalue weighted by molar-refractivity contribution is 5.94. The number of ether oxygens (including phenoxy) is 2. The molecule has 2 rings (SSSR count). The average molecular weight is 340 g/mol. The molecule has 1 heterocycles. The first-order chi connectivity index (χ1) is 11.3. The van der Waals surface area contributed by atoms with Crippen LogP contribution in [0.25, 0.3) is 0 Å². The molecule has 0 radical (unpaired) electrons. The highest BCUT2D eigenvalue weighted by Gasteiger charge is 2.38. The predicted molar refractivity (Wildman–Crippen MR) is 81.5 cm³/mol.